The lowest BCUT2D eigenvalue weighted by Crippen LogP contribution is -2.35. The van der Waals surface area contributed by atoms with Gasteiger partial charge in [-0.3, -0.25) is 9.32 Å². The number of aliphatic carboxylic acids is 1. The Bertz CT molecular complexity index is 1230. The number of ether oxygens (including phenoxy) is 1. The average Bonchev–Trinajstić information content (AvgIpc) is 3.17. The van der Waals surface area contributed by atoms with E-state index in [2.05, 4.69) is 36.0 Å². The molecule has 182 valence electrons. The normalized spacial score (nSPS) is 20.3. The number of benzene rings is 1. The van der Waals surface area contributed by atoms with Crippen LogP contribution in [0, 0.1) is 5.92 Å². The van der Waals surface area contributed by atoms with E-state index < -0.39 is 19.8 Å². The third-order valence-corrected chi connectivity index (χ3v) is 7.62. The number of nitrogens with two attached hydrogens (primary N) is 1. The second-order valence-corrected chi connectivity index (χ2v) is 10.5. The number of nitrogen functional groups attached to an aromatic ring is 1. The van der Waals surface area contributed by atoms with Gasteiger partial charge >= 0.3 is 13.7 Å². The largest absolute Gasteiger partial charge is 0.480 e. The van der Waals surface area contributed by atoms with Crippen LogP contribution in [0.2, 0.25) is 0 Å². The predicted octanol–water partition coefficient (Wildman–Crippen LogP) is 3.40. The first-order chi connectivity index (χ1) is 16.2. The summed E-state index contributed by atoms with van der Waals surface area (Å²) >= 11 is 3.32. The summed E-state index contributed by atoms with van der Waals surface area (Å²) in [7, 11) is -2.46. The van der Waals surface area contributed by atoms with Crippen LogP contribution in [0.15, 0.2) is 35.1 Å². The summed E-state index contributed by atoms with van der Waals surface area (Å²) in [6.07, 6.45) is 3.09. The first-order valence-electron chi connectivity index (χ1n) is 10.4. The second-order valence-electron chi connectivity index (χ2n) is 7.93. The zero-order valence-electron chi connectivity index (χ0n) is 18.4. The first-order valence-corrected chi connectivity index (χ1v) is 12.8. The number of nitrogens with zero attached hydrogens (tertiary/aromatic N) is 4. The van der Waals surface area contributed by atoms with Crippen LogP contribution in [-0.2, 0) is 13.9 Å². The van der Waals surface area contributed by atoms with Gasteiger partial charge in [0.2, 0.25) is 11.8 Å². The summed E-state index contributed by atoms with van der Waals surface area (Å²) in [6.45, 7) is 1.49. The molecule has 2 atom stereocenters. The maximum absolute atomic E-state index is 13.3. The number of methoxy groups -OCH3 is 1. The molecule has 4 N–H and O–H groups in total. The first kappa shape index (κ1) is 24.4. The molecule has 1 saturated carbocycles. The van der Waals surface area contributed by atoms with Crippen LogP contribution in [0.1, 0.15) is 25.8 Å². The SMILES string of the molecule is COc1nc(N)nc2c1ncn2C1CC(COP(=O)(N[C@@H](C)C(=O)O)Oc2ccc(Br)cc2)C1. The Hall–Kier alpha value is -2.73. The number of halogens is 1. The van der Waals surface area contributed by atoms with Gasteiger partial charge in [0.1, 0.15) is 11.8 Å². The van der Waals surface area contributed by atoms with Crippen molar-refractivity contribution in [3.8, 4) is 11.6 Å². The average molecular weight is 555 g/mol. The van der Waals surface area contributed by atoms with Gasteiger partial charge < -0.3 is 24.7 Å². The summed E-state index contributed by atoms with van der Waals surface area (Å²) in [5, 5.41) is 11.7. The summed E-state index contributed by atoms with van der Waals surface area (Å²) in [6, 6.07) is 5.62. The molecule has 0 bridgehead atoms. The molecule has 1 aliphatic carbocycles. The van der Waals surface area contributed by atoms with E-state index in [4.69, 9.17) is 19.5 Å². The van der Waals surface area contributed by atoms with Crippen molar-refractivity contribution < 1.29 is 28.3 Å². The molecule has 0 saturated heterocycles. The van der Waals surface area contributed by atoms with Crippen LogP contribution in [0.4, 0.5) is 5.95 Å². The van der Waals surface area contributed by atoms with Gasteiger partial charge in [0, 0.05) is 10.5 Å². The van der Waals surface area contributed by atoms with Crippen LogP contribution in [-0.4, -0.2) is 50.4 Å². The number of carboxylic acids is 1. The molecule has 1 aromatic carbocycles. The quantitative estimate of drug-likeness (QED) is 0.314. The Morgan fingerprint density at radius 2 is 2.06 bits per heavy atom. The third-order valence-electron chi connectivity index (χ3n) is 5.45. The zero-order chi connectivity index (χ0) is 24.5. The van der Waals surface area contributed by atoms with Gasteiger partial charge in [0.15, 0.2) is 11.2 Å². The molecule has 4 rings (SSSR count). The summed E-state index contributed by atoms with van der Waals surface area (Å²) in [4.78, 5) is 23.9. The van der Waals surface area contributed by atoms with E-state index in [1.165, 1.54) is 14.0 Å². The van der Waals surface area contributed by atoms with Crippen molar-refractivity contribution in [2.45, 2.75) is 31.8 Å². The van der Waals surface area contributed by atoms with E-state index in [0.29, 0.717) is 35.6 Å². The van der Waals surface area contributed by atoms with E-state index in [1.807, 2.05) is 4.57 Å². The highest BCUT2D eigenvalue weighted by molar-refractivity contribution is 9.10. The van der Waals surface area contributed by atoms with Crippen molar-refractivity contribution in [3.63, 3.8) is 0 Å². The highest BCUT2D eigenvalue weighted by atomic mass is 79.9. The summed E-state index contributed by atoms with van der Waals surface area (Å²) in [5.74, 6) is -0.401. The maximum Gasteiger partial charge on any atom is 0.459 e. The minimum Gasteiger partial charge on any atom is -0.480 e. The Labute approximate surface area is 203 Å². The topological polar surface area (TPSA) is 164 Å². The highest BCUT2D eigenvalue weighted by Crippen LogP contribution is 2.48. The van der Waals surface area contributed by atoms with Gasteiger partial charge in [-0.15, -0.1) is 0 Å². The van der Waals surface area contributed by atoms with E-state index in [9.17, 15) is 14.5 Å². The molecule has 12 nitrogen and oxygen atoms in total. The number of hydrogen-bond acceptors (Lipinski definition) is 9. The molecule has 14 heteroatoms. The van der Waals surface area contributed by atoms with Gasteiger partial charge in [-0.2, -0.15) is 15.1 Å². The molecule has 1 unspecified atom stereocenters. The Morgan fingerprint density at radius 1 is 1.35 bits per heavy atom. The number of carbonyl (C=O) groups is 1. The molecule has 3 aromatic rings. The molecule has 0 amide bonds. The van der Waals surface area contributed by atoms with Crippen molar-refractivity contribution in [2.24, 2.45) is 5.92 Å². The molecule has 2 aromatic heterocycles. The van der Waals surface area contributed by atoms with Crippen molar-refractivity contribution in [2.75, 3.05) is 19.5 Å². The molecule has 0 radical (unpaired) electrons. The fourth-order valence-electron chi connectivity index (χ4n) is 3.60. The fraction of sp³-hybridized carbons (Fsp3) is 0.400. The van der Waals surface area contributed by atoms with Gasteiger partial charge in [-0.1, -0.05) is 15.9 Å². The number of nitrogens with one attached hydrogen (secondary N) is 1. The zero-order valence-corrected chi connectivity index (χ0v) is 20.9. The Morgan fingerprint density at radius 3 is 2.71 bits per heavy atom. The molecule has 0 spiro atoms. The maximum atomic E-state index is 13.3. The minimum atomic E-state index is -3.95. The van der Waals surface area contributed by atoms with Crippen LogP contribution in [0.25, 0.3) is 11.2 Å². The third kappa shape index (κ3) is 5.33. The Kier molecular flexibility index (Phi) is 7.08. The highest BCUT2D eigenvalue weighted by Gasteiger charge is 2.37. The molecular formula is C20H24BrN6O6P. The smallest absolute Gasteiger partial charge is 0.459 e. The number of carboxylic acid groups (broad SMARTS) is 1. The lowest BCUT2D eigenvalue weighted by Gasteiger charge is -2.36. The van der Waals surface area contributed by atoms with E-state index >= 15 is 0 Å². The standard InChI is InChI=1S/C20H24BrN6O6P/c1-11(19(28)29)26-34(30,33-15-5-3-13(21)4-6-15)32-9-12-7-14(8-12)27-10-23-16-17(27)24-20(22)25-18(16)31-2/h3-6,10-12,14H,7-9H2,1-2H3,(H,26,30)(H,28,29)(H2,22,24,25)/t11-,12?,14?,34?/m0/s1. The van der Waals surface area contributed by atoms with Gasteiger partial charge in [0.25, 0.3) is 0 Å². The number of fused-ring (bicyclic) bond motifs is 1. The molecule has 2 heterocycles. The van der Waals surface area contributed by atoms with Crippen molar-refractivity contribution in [1.82, 2.24) is 24.6 Å². The summed E-state index contributed by atoms with van der Waals surface area (Å²) in [5.41, 5.74) is 6.89. The fourth-order valence-corrected chi connectivity index (χ4v) is 5.44. The molecule has 1 aliphatic rings. The van der Waals surface area contributed by atoms with Crippen LogP contribution >= 0.6 is 23.7 Å². The van der Waals surface area contributed by atoms with Crippen molar-refractivity contribution >= 4 is 46.8 Å². The van der Waals surface area contributed by atoms with Crippen LogP contribution in [0.5, 0.6) is 11.6 Å². The number of hydrogen-bond donors (Lipinski definition) is 3. The van der Waals surface area contributed by atoms with Gasteiger partial charge in [-0.05, 0) is 49.9 Å². The van der Waals surface area contributed by atoms with Gasteiger partial charge in [0.05, 0.1) is 20.0 Å². The van der Waals surface area contributed by atoms with Crippen LogP contribution < -0.4 is 20.1 Å². The van der Waals surface area contributed by atoms with E-state index in [-0.39, 0.29) is 24.5 Å². The van der Waals surface area contributed by atoms with E-state index in [1.54, 1.807) is 30.6 Å². The number of imidazole rings is 1. The predicted molar refractivity (Wildman–Crippen MR) is 127 cm³/mol. The van der Waals surface area contributed by atoms with Gasteiger partial charge in [-0.25, -0.2) is 9.55 Å². The van der Waals surface area contributed by atoms with Crippen molar-refractivity contribution in [3.05, 3.63) is 35.1 Å². The number of rotatable bonds is 10. The monoisotopic (exact) mass is 554 g/mol. The number of aromatic nitrogens is 4. The van der Waals surface area contributed by atoms with Crippen LogP contribution in [0.3, 0.4) is 0 Å². The molecule has 0 aliphatic heterocycles. The Balaban J connectivity index is 1.41. The molecule has 1 fully saturated rings. The van der Waals surface area contributed by atoms with Crippen molar-refractivity contribution in [1.29, 1.82) is 0 Å². The minimum absolute atomic E-state index is 0.0762. The number of anilines is 1. The lowest BCUT2D eigenvalue weighted by molar-refractivity contribution is -0.138. The second kappa shape index (κ2) is 9.87. The van der Waals surface area contributed by atoms with E-state index in [0.717, 1.165) is 4.47 Å². The molecular weight excluding hydrogens is 531 g/mol. The lowest BCUT2D eigenvalue weighted by atomic mass is 9.81. The summed E-state index contributed by atoms with van der Waals surface area (Å²) < 4.78 is 32.5. The molecule has 34 heavy (non-hydrogen) atoms.